The number of anilines is 1. The van der Waals surface area contributed by atoms with Gasteiger partial charge in [-0.1, -0.05) is 11.6 Å². The topological polar surface area (TPSA) is 46.9 Å². The van der Waals surface area contributed by atoms with E-state index < -0.39 is 5.82 Å². The van der Waals surface area contributed by atoms with Gasteiger partial charge >= 0.3 is 0 Å². The lowest BCUT2D eigenvalue weighted by Gasteiger charge is -2.13. The second kappa shape index (κ2) is 7.93. The summed E-state index contributed by atoms with van der Waals surface area (Å²) in [6.45, 7) is 3.60. The van der Waals surface area contributed by atoms with Gasteiger partial charge in [-0.2, -0.15) is 0 Å². The monoisotopic (exact) mass is 389 g/mol. The zero-order chi connectivity index (χ0) is 18.7. The second-order valence-electron chi connectivity index (χ2n) is 5.71. The van der Waals surface area contributed by atoms with Gasteiger partial charge in [0.25, 0.3) is 0 Å². The minimum atomic E-state index is -0.429. The lowest BCUT2D eigenvalue weighted by atomic mass is 10.2. The number of carbonyl (C=O) groups is 1. The Morgan fingerprint density at radius 1 is 1.27 bits per heavy atom. The van der Waals surface area contributed by atoms with Crippen molar-refractivity contribution in [3.05, 3.63) is 71.5 Å². The number of halogens is 2. The van der Waals surface area contributed by atoms with Crippen molar-refractivity contribution in [1.82, 2.24) is 9.55 Å². The minimum absolute atomic E-state index is 0.198. The summed E-state index contributed by atoms with van der Waals surface area (Å²) in [6.07, 6.45) is 3.30. The summed E-state index contributed by atoms with van der Waals surface area (Å²) >= 11 is 7.27. The molecule has 2 aromatic carbocycles. The molecule has 1 heterocycles. The number of hydrogen-bond acceptors (Lipinski definition) is 3. The quantitative estimate of drug-likeness (QED) is 0.618. The predicted octanol–water partition coefficient (Wildman–Crippen LogP) is 5.09. The fraction of sp³-hybridized carbons (Fsp3) is 0.158. The summed E-state index contributed by atoms with van der Waals surface area (Å²) in [4.78, 5) is 17.4. The number of thioether (sulfide) groups is 1. The highest BCUT2D eigenvalue weighted by atomic mass is 35.5. The van der Waals surface area contributed by atoms with Gasteiger partial charge < -0.3 is 9.88 Å². The van der Waals surface area contributed by atoms with Crippen LogP contribution < -0.4 is 5.32 Å². The number of nitrogens with zero attached hydrogens (tertiary/aromatic N) is 2. The summed E-state index contributed by atoms with van der Waals surface area (Å²) in [7, 11) is 0. The molecule has 0 radical (unpaired) electrons. The van der Waals surface area contributed by atoms with Crippen molar-refractivity contribution < 1.29 is 9.18 Å². The molecule has 0 saturated carbocycles. The van der Waals surface area contributed by atoms with Crippen molar-refractivity contribution in [2.45, 2.75) is 24.0 Å². The van der Waals surface area contributed by atoms with E-state index >= 15 is 0 Å². The van der Waals surface area contributed by atoms with E-state index in [0.29, 0.717) is 22.2 Å². The van der Waals surface area contributed by atoms with Gasteiger partial charge in [0.2, 0.25) is 5.91 Å². The van der Waals surface area contributed by atoms with E-state index in [1.54, 1.807) is 55.1 Å². The van der Waals surface area contributed by atoms with Gasteiger partial charge in [0.1, 0.15) is 11.6 Å². The number of carbonyl (C=O) groups excluding carboxylic acids is 1. The molecular weight excluding hydrogens is 373 g/mol. The summed E-state index contributed by atoms with van der Waals surface area (Å²) in [6, 6.07) is 11.9. The average molecular weight is 390 g/mol. The number of aromatic nitrogens is 2. The third-order valence-corrected chi connectivity index (χ3v) is 5.16. The largest absolute Gasteiger partial charge is 0.325 e. The molecule has 0 aliphatic carbocycles. The van der Waals surface area contributed by atoms with E-state index in [4.69, 9.17) is 11.6 Å². The normalized spacial score (nSPS) is 12.0. The molecule has 0 fully saturated rings. The molecule has 0 saturated heterocycles. The van der Waals surface area contributed by atoms with Crippen LogP contribution >= 0.6 is 23.4 Å². The number of amides is 1. The van der Waals surface area contributed by atoms with E-state index in [0.717, 1.165) is 4.90 Å². The molecule has 0 aliphatic heterocycles. The Bertz CT molecular complexity index is 927. The fourth-order valence-corrected chi connectivity index (χ4v) is 3.42. The number of hydrogen-bond donors (Lipinski definition) is 1. The lowest BCUT2D eigenvalue weighted by molar-refractivity contribution is -0.115. The van der Waals surface area contributed by atoms with Crippen molar-refractivity contribution >= 4 is 35.0 Å². The molecule has 1 atom stereocenters. The van der Waals surface area contributed by atoms with Crippen LogP contribution in [0.25, 0.3) is 5.69 Å². The van der Waals surface area contributed by atoms with Crippen LogP contribution in [0.1, 0.15) is 12.7 Å². The number of aryl methyl sites for hydroxylation is 1. The maximum Gasteiger partial charge on any atom is 0.237 e. The third-order valence-electron chi connectivity index (χ3n) is 3.80. The Balaban J connectivity index is 1.68. The van der Waals surface area contributed by atoms with Gasteiger partial charge in [-0.25, -0.2) is 9.37 Å². The highest BCUT2D eigenvalue weighted by Crippen LogP contribution is 2.26. The van der Waals surface area contributed by atoms with Crippen molar-refractivity contribution in [3.63, 3.8) is 0 Å². The summed E-state index contributed by atoms with van der Waals surface area (Å²) < 4.78 is 16.1. The van der Waals surface area contributed by atoms with Crippen LogP contribution in [0.2, 0.25) is 5.02 Å². The Kier molecular flexibility index (Phi) is 5.64. The van der Waals surface area contributed by atoms with Crippen molar-refractivity contribution in [2.75, 3.05) is 5.32 Å². The van der Waals surface area contributed by atoms with Gasteiger partial charge in [-0.15, -0.1) is 11.8 Å². The first-order chi connectivity index (χ1) is 12.4. The van der Waals surface area contributed by atoms with Crippen LogP contribution in [0, 0.1) is 12.7 Å². The molecule has 1 unspecified atom stereocenters. The van der Waals surface area contributed by atoms with Gasteiger partial charge in [-0.3, -0.25) is 4.79 Å². The first kappa shape index (κ1) is 18.5. The molecule has 0 aliphatic rings. The molecule has 3 rings (SSSR count). The van der Waals surface area contributed by atoms with E-state index in [1.165, 1.54) is 17.8 Å². The molecule has 3 aromatic rings. The first-order valence-electron chi connectivity index (χ1n) is 7.97. The maximum atomic E-state index is 14.4. The van der Waals surface area contributed by atoms with Crippen LogP contribution in [-0.4, -0.2) is 20.7 Å². The zero-order valence-electron chi connectivity index (χ0n) is 14.2. The van der Waals surface area contributed by atoms with E-state index in [2.05, 4.69) is 10.3 Å². The molecule has 1 N–H and O–H groups in total. The number of benzene rings is 2. The van der Waals surface area contributed by atoms with Crippen molar-refractivity contribution in [3.8, 4) is 5.69 Å². The van der Waals surface area contributed by atoms with Crippen molar-refractivity contribution in [2.24, 2.45) is 0 Å². The zero-order valence-corrected chi connectivity index (χ0v) is 15.8. The Morgan fingerprint density at radius 2 is 2.00 bits per heavy atom. The molecule has 0 spiro atoms. The van der Waals surface area contributed by atoms with Gasteiger partial charge in [0.05, 0.1) is 10.9 Å². The number of nitrogens with one attached hydrogen (secondary N) is 1. The van der Waals surface area contributed by atoms with Crippen LogP contribution in [-0.2, 0) is 4.79 Å². The Hall–Kier alpha value is -2.31. The lowest BCUT2D eigenvalue weighted by Crippen LogP contribution is -2.22. The first-order valence-corrected chi connectivity index (χ1v) is 9.23. The maximum absolute atomic E-state index is 14.4. The summed E-state index contributed by atoms with van der Waals surface area (Å²) in [5.74, 6) is 0.0616. The number of imidazole rings is 1. The predicted molar refractivity (Wildman–Crippen MR) is 104 cm³/mol. The fourth-order valence-electron chi connectivity index (χ4n) is 2.43. The Labute approximate surface area is 160 Å². The third kappa shape index (κ3) is 4.26. The average Bonchev–Trinajstić information content (AvgIpc) is 3.03. The molecule has 26 heavy (non-hydrogen) atoms. The SMILES string of the molecule is Cc1nccn1-c1ccc(NC(=O)C(C)Sc2ccc(Cl)cc2)cc1F. The van der Waals surface area contributed by atoms with Crippen LogP contribution in [0.3, 0.4) is 0 Å². The van der Waals surface area contributed by atoms with Gasteiger partial charge in [0, 0.05) is 28.0 Å². The molecular formula is C19H17ClFN3OS. The van der Waals surface area contributed by atoms with Gasteiger partial charge in [-0.05, 0) is 56.3 Å². The van der Waals surface area contributed by atoms with E-state index in [9.17, 15) is 9.18 Å². The molecule has 0 bridgehead atoms. The summed E-state index contributed by atoms with van der Waals surface area (Å²) in [5.41, 5.74) is 0.805. The van der Waals surface area contributed by atoms with E-state index in [1.807, 2.05) is 12.1 Å². The van der Waals surface area contributed by atoms with Crippen LogP contribution in [0.15, 0.2) is 59.8 Å². The summed E-state index contributed by atoms with van der Waals surface area (Å²) in [5, 5.41) is 3.06. The minimum Gasteiger partial charge on any atom is -0.325 e. The molecule has 7 heteroatoms. The molecule has 1 amide bonds. The van der Waals surface area contributed by atoms with Crippen LogP contribution in [0.5, 0.6) is 0 Å². The standard InChI is InChI=1S/C19H17ClFN3OS/c1-12(26-16-6-3-14(20)4-7-16)19(25)23-15-5-8-18(17(21)11-15)24-10-9-22-13(24)2/h3-12H,1-2H3,(H,23,25). The smallest absolute Gasteiger partial charge is 0.237 e. The van der Waals surface area contributed by atoms with Crippen LogP contribution in [0.4, 0.5) is 10.1 Å². The second-order valence-corrected chi connectivity index (χ2v) is 7.56. The Morgan fingerprint density at radius 3 is 2.62 bits per heavy atom. The molecule has 134 valence electrons. The highest BCUT2D eigenvalue weighted by Gasteiger charge is 2.16. The van der Waals surface area contributed by atoms with E-state index in [-0.39, 0.29) is 11.2 Å². The van der Waals surface area contributed by atoms with Gasteiger partial charge in [0.15, 0.2) is 0 Å². The number of rotatable bonds is 5. The van der Waals surface area contributed by atoms with Crippen molar-refractivity contribution in [1.29, 1.82) is 0 Å². The highest BCUT2D eigenvalue weighted by molar-refractivity contribution is 8.00. The molecule has 4 nitrogen and oxygen atoms in total. The molecule has 1 aromatic heterocycles.